The first-order chi connectivity index (χ1) is 15.6. The van der Waals surface area contributed by atoms with Gasteiger partial charge in [-0.2, -0.15) is 5.10 Å². The molecule has 1 aliphatic heterocycles. The predicted molar refractivity (Wildman–Crippen MR) is 129 cm³/mol. The van der Waals surface area contributed by atoms with Crippen LogP contribution in [0.1, 0.15) is 18.4 Å². The molecule has 0 bridgehead atoms. The molecular formula is C26H25ClN4O. The summed E-state index contributed by atoms with van der Waals surface area (Å²) in [5.74, 6) is 0.153. The first-order valence-corrected chi connectivity index (χ1v) is 11.3. The third kappa shape index (κ3) is 4.01. The number of aromatic nitrogens is 2. The van der Waals surface area contributed by atoms with Gasteiger partial charge in [0.2, 0.25) is 5.91 Å². The van der Waals surface area contributed by atoms with E-state index in [0.717, 1.165) is 57.7 Å². The van der Waals surface area contributed by atoms with Crippen molar-refractivity contribution in [1.82, 2.24) is 20.4 Å². The van der Waals surface area contributed by atoms with E-state index in [-0.39, 0.29) is 11.9 Å². The molecule has 2 heterocycles. The molecular weight excluding hydrogens is 420 g/mol. The number of halogens is 1. The van der Waals surface area contributed by atoms with E-state index in [9.17, 15) is 4.79 Å². The zero-order chi connectivity index (χ0) is 22.1. The summed E-state index contributed by atoms with van der Waals surface area (Å²) in [6.45, 7) is 1.56. The fourth-order valence-corrected chi connectivity index (χ4v) is 4.74. The van der Waals surface area contributed by atoms with E-state index in [2.05, 4.69) is 70.3 Å². The molecule has 6 heteroatoms. The van der Waals surface area contributed by atoms with Crippen molar-refractivity contribution in [2.45, 2.75) is 25.4 Å². The summed E-state index contributed by atoms with van der Waals surface area (Å²) in [4.78, 5) is 11.3. The molecule has 1 amide bonds. The number of aryl methyl sites for hydroxylation is 1. The molecule has 1 saturated heterocycles. The summed E-state index contributed by atoms with van der Waals surface area (Å²) in [5, 5.41) is 12.7. The molecule has 0 spiro atoms. The summed E-state index contributed by atoms with van der Waals surface area (Å²) in [7, 11) is 1.95. The van der Waals surface area contributed by atoms with E-state index in [0.29, 0.717) is 6.42 Å². The van der Waals surface area contributed by atoms with Crippen molar-refractivity contribution in [3.8, 4) is 22.3 Å². The minimum atomic E-state index is 0.153. The van der Waals surface area contributed by atoms with Gasteiger partial charge in [0, 0.05) is 49.1 Å². The molecule has 1 atom stereocenters. The zero-order valence-electron chi connectivity index (χ0n) is 17.9. The largest absolute Gasteiger partial charge is 0.352 e. The number of hydrogen-bond donors (Lipinski definition) is 2. The van der Waals surface area contributed by atoms with Gasteiger partial charge in [-0.25, -0.2) is 0 Å². The van der Waals surface area contributed by atoms with E-state index >= 15 is 0 Å². The van der Waals surface area contributed by atoms with Crippen LogP contribution in [0.15, 0.2) is 66.9 Å². The number of benzene rings is 3. The number of carbonyl (C=O) groups excluding carboxylic acids is 1. The Bertz CT molecular complexity index is 1280. The van der Waals surface area contributed by atoms with Crippen molar-refractivity contribution >= 4 is 28.4 Å². The predicted octanol–water partition coefficient (Wildman–Crippen LogP) is 4.93. The molecule has 0 saturated carbocycles. The van der Waals surface area contributed by atoms with Crippen LogP contribution in [-0.2, 0) is 18.4 Å². The highest BCUT2D eigenvalue weighted by molar-refractivity contribution is 6.36. The second-order valence-corrected chi connectivity index (χ2v) is 8.68. The van der Waals surface area contributed by atoms with Crippen LogP contribution in [0.3, 0.4) is 0 Å². The van der Waals surface area contributed by atoms with Gasteiger partial charge in [0.05, 0.1) is 16.7 Å². The molecule has 1 aliphatic rings. The number of nitrogens with zero attached hydrogens (tertiary/aromatic N) is 2. The second kappa shape index (κ2) is 8.77. The number of nitrogens with one attached hydrogen (secondary N) is 2. The quantitative estimate of drug-likeness (QED) is 0.443. The lowest BCUT2D eigenvalue weighted by molar-refractivity contribution is -0.119. The first kappa shape index (κ1) is 20.7. The van der Waals surface area contributed by atoms with Crippen LogP contribution in [0, 0.1) is 0 Å². The van der Waals surface area contributed by atoms with E-state index in [4.69, 9.17) is 11.6 Å². The molecule has 4 aromatic rings. The van der Waals surface area contributed by atoms with E-state index in [1.807, 2.05) is 24.0 Å². The van der Waals surface area contributed by atoms with Crippen LogP contribution in [0.2, 0.25) is 5.02 Å². The Kier molecular flexibility index (Phi) is 5.68. The fraction of sp³-hybridized carbons (Fsp3) is 0.231. The Balaban J connectivity index is 1.35. The van der Waals surface area contributed by atoms with Crippen molar-refractivity contribution < 1.29 is 4.79 Å². The highest BCUT2D eigenvalue weighted by Crippen LogP contribution is 2.39. The summed E-state index contributed by atoms with van der Waals surface area (Å²) in [5.41, 5.74) is 6.47. The average Bonchev–Trinajstić information content (AvgIpc) is 3.40. The molecule has 3 aromatic carbocycles. The van der Waals surface area contributed by atoms with Gasteiger partial charge in [-0.3, -0.25) is 9.48 Å². The standard InChI is InChI=1S/C26H25ClN4O/c1-31-24-7-3-5-21(23(24)16-29-31)22-6-2-4-20(26(22)27)18-10-8-17(9-11-18)14-28-15-19-12-13-25(32)30-19/h2-11,16,19,28H,12-15H2,1H3,(H,30,32)/t19-/m0/s1. The first-order valence-electron chi connectivity index (χ1n) is 10.9. The Labute approximate surface area is 192 Å². The topological polar surface area (TPSA) is 59.0 Å². The Hall–Kier alpha value is -3.15. The number of rotatable bonds is 6. The lowest BCUT2D eigenvalue weighted by Crippen LogP contribution is -2.35. The highest BCUT2D eigenvalue weighted by Gasteiger charge is 2.19. The van der Waals surface area contributed by atoms with Gasteiger partial charge < -0.3 is 10.6 Å². The minimum absolute atomic E-state index is 0.153. The van der Waals surface area contributed by atoms with E-state index in [1.54, 1.807) is 0 Å². The van der Waals surface area contributed by atoms with Gasteiger partial charge in [0.15, 0.2) is 0 Å². The summed E-state index contributed by atoms with van der Waals surface area (Å²) >= 11 is 6.92. The van der Waals surface area contributed by atoms with Crippen LogP contribution in [-0.4, -0.2) is 28.3 Å². The summed E-state index contributed by atoms with van der Waals surface area (Å²) in [6.07, 6.45) is 3.44. The van der Waals surface area contributed by atoms with Crippen LogP contribution in [0.5, 0.6) is 0 Å². The van der Waals surface area contributed by atoms with Crippen molar-refractivity contribution in [2.24, 2.45) is 7.05 Å². The summed E-state index contributed by atoms with van der Waals surface area (Å²) in [6, 6.07) is 21.1. The average molecular weight is 445 g/mol. The maximum Gasteiger partial charge on any atom is 0.220 e. The number of fused-ring (bicyclic) bond motifs is 1. The van der Waals surface area contributed by atoms with Crippen LogP contribution in [0.25, 0.3) is 33.2 Å². The molecule has 32 heavy (non-hydrogen) atoms. The highest BCUT2D eigenvalue weighted by atomic mass is 35.5. The number of hydrogen-bond acceptors (Lipinski definition) is 3. The van der Waals surface area contributed by atoms with Crippen molar-refractivity contribution in [3.05, 3.63) is 77.4 Å². The van der Waals surface area contributed by atoms with Crippen LogP contribution in [0.4, 0.5) is 0 Å². The second-order valence-electron chi connectivity index (χ2n) is 8.30. The maximum atomic E-state index is 11.3. The van der Waals surface area contributed by atoms with Gasteiger partial charge in [-0.05, 0) is 29.2 Å². The van der Waals surface area contributed by atoms with Gasteiger partial charge in [0.25, 0.3) is 0 Å². The summed E-state index contributed by atoms with van der Waals surface area (Å²) < 4.78 is 1.88. The van der Waals surface area contributed by atoms with Crippen LogP contribution < -0.4 is 10.6 Å². The molecule has 162 valence electrons. The number of carbonyl (C=O) groups is 1. The van der Waals surface area contributed by atoms with E-state index < -0.39 is 0 Å². The smallest absolute Gasteiger partial charge is 0.220 e. The van der Waals surface area contributed by atoms with Crippen molar-refractivity contribution in [2.75, 3.05) is 6.54 Å². The third-order valence-electron chi connectivity index (χ3n) is 6.15. The Morgan fingerprint density at radius 1 is 1.06 bits per heavy atom. The SMILES string of the molecule is Cn1ncc2c(-c3cccc(-c4ccc(CNC[C@@H]5CCC(=O)N5)cc4)c3Cl)cccc21. The Morgan fingerprint density at radius 2 is 1.81 bits per heavy atom. The minimum Gasteiger partial charge on any atom is -0.352 e. The molecule has 0 aliphatic carbocycles. The Morgan fingerprint density at radius 3 is 2.59 bits per heavy atom. The van der Waals surface area contributed by atoms with Gasteiger partial charge in [0.1, 0.15) is 0 Å². The fourth-order valence-electron chi connectivity index (χ4n) is 4.40. The lowest BCUT2D eigenvalue weighted by atomic mass is 9.96. The van der Waals surface area contributed by atoms with E-state index in [1.165, 1.54) is 5.56 Å². The molecule has 1 fully saturated rings. The monoisotopic (exact) mass is 444 g/mol. The lowest BCUT2D eigenvalue weighted by Gasteiger charge is -2.13. The maximum absolute atomic E-state index is 11.3. The molecule has 0 unspecified atom stereocenters. The zero-order valence-corrected chi connectivity index (χ0v) is 18.7. The molecule has 5 nitrogen and oxygen atoms in total. The van der Waals surface area contributed by atoms with Gasteiger partial charge in [-0.1, -0.05) is 66.2 Å². The van der Waals surface area contributed by atoms with Gasteiger partial charge in [-0.15, -0.1) is 0 Å². The molecule has 1 aromatic heterocycles. The third-order valence-corrected chi connectivity index (χ3v) is 6.56. The van der Waals surface area contributed by atoms with Gasteiger partial charge >= 0.3 is 0 Å². The van der Waals surface area contributed by atoms with Crippen LogP contribution >= 0.6 is 11.6 Å². The molecule has 2 N–H and O–H groups in total. The number of amides is 1. The van der Waals surface area contributed by atoms with Crippen molar-refractivity contribution in [3.63, 3.8) is 0 Å². The molecule has 5 rings (SSSR count). The normalized spacial score (nSPS) is 15.9. The van der Waals surface area contributed by atoms with Crippen molar-refractivity contribution in [1.29, 1.82) is 0 Å². The molecule has 0 radical (unpaired) electrons.